The minimum atomic E-state index is -0.651. The third kappa shape index (κ3) is 4.53. The van der Waals surface area contributed by atoms with Crippen LogP contribution in [-0.2, 0) is 4.79 Å². The lowest BCUT2D eigenvalue weighted by Crippen LogP contribution is -2.31. The summed E-state index contributed by atoms with van der Waals surface area (Å²) in [6.07, 6.45) is 1.46. The largest absolute Gasteiger partial charge is 0.369 e. The molecule has 0 radical (unpaired) electrons. The molecule has 1 heterocycles. The summed E-state index contributed by atoms with van der Waals surface area (Å²) >= 11 is 0. The number of carbonyl (C=O) groups excluding carboxylic acids is 3. The van der Waals surface area contributed by atoms with Gasteiger partial charge >= 0.3 is 0 Å². The van der Waals surface area contributed by atoms with Crippen LogP contribution in [0.2, 0.25) is 0 Å². The summed E-state index contributed by atoms with van der Waals surface area (Å²) in [4.78, 5) is 39.3. The third-order valence-electron chi connectivity index (χ3n) is 5.76. The summed E-state index contributed by atoms with van der Waals surface area (Å²) < 4.78 is 0. The van der Waals surface area contributed by atoms with Gasteiger partial charge in [0, 0.05) is 40.1 Å². The van der Waals surface area contributed by atoms with Crippen LogP contribution < -0.4 is 11.1 Å². The van der Waals surface area contributed by atoms with Crippen LogP contribution in [0.15, 0.2) is 108 Å². The molecule has 0 aliphatic carbocycles. The van der Waals surface area contributed by atoms with Gasteiger partial charge in [0.15, 0.2) is 11.6 Å². The zero-order chi connectivity index (χ0) is 23.4. The van der Waals surface area contributed by atoms with E-state index in [2.05, 4.69) is 5.32 Å². The highest BCUT2D eigenvalue weighted by molar-refractivity contribution is 6.16. The van der Waals surface area contributed by atoms with Crippen molar-refractivity contribution in [1.29, 1.82) is 0 Å². The minimum absolute atomic E-state index is 0.139. The molecule has 1 amide bonds. The van der Waals surface area contributed by atoms with Crippen molar-refractivity contribution in [2.24, 2.45) is 5.73 Å². The Bertz CT molecular complexity index is 1270. The van der Waals surface area contributed by atoms with E-state index in [1.54, 1.807) is 54.7 Å². The number of hydrogen-bond donors (Lipinski definition) is 2. The van der Waals surface area contributed by atoms with Gasteiger partial charge in [0.25, 0.3) is 0 Å². The van der Waals surface area contributed by atoms with Gasteiger partial charge in [0.1, 0.15) is 0 Å². The third-order valence-corrected chi connectivity index (χ3v) is 5.76. The van der Waals surface area contributed by atoms with Crippen molar-refractivity contribution >= 4 is 17.5 Å². The lowest BCUT2D eigenvalue weighted by Gasteiger charge is -2.30. The van der Waals surface area contributed by atoms with Crippen LogP contribution in [0.4, 0.5) is 0 Å². The van der Waals surface area contributed by atoms with Crippen LogP contribution in [0, 0.1) is 6.92 Å². The van der Waals surface area contributed by atoms with E-state index in [4.69, 9.17) is 5.73 Å². The van der Waals surface area contributed by atoms with Crippen molar-refractivity contribution in [3.05, 3.63) is 130 Å². The van der Waals surface area contributed by atoms with Gasteiger partial charge in [0.2, 0.25) is 5.91 Å². The van der Waals surface area contributed by atoms with Crippen molar-refractivity contribution in [1.82, 2.24) is 5.32 Å². The SMILES string of the molecule is Cc1ccccc1C1C(C(=O)c2ccccc2)=CNC(CC(N)=O)=C1C(=O)c1ccccc1. The number of carbonyl (C=O) groups is 3. The van der Waals surface area contributed by atoms with Crippen LogP contribution in [-0.4, -0.2) is 17.5 Å². The number of primary amides is 1. The Kier molecular flexibility index (Phi) is 6.31. The highest BCUT2D eigenvalue weighted by Gasteiger charge is 2.36. The molecule has 0 aromatic heterocycles. The summed E-state index contributed by atoms with van der Waals surface area (Å²) in [5.74, 6) is -1.65. The lowest BCUT2D eigenvalue weighted by atomic mass is 9.75. The number of dihydropyridines is 1. The quantitative estimate of drug-likeness (QED) is 0.535. The second kappa shape index (κ2) is 9.49. The van der Waals surface area contributed by atoms with E-state index < -0.39 is 11.8 Å². The van der Waals surface area contributed by atoms with Crippen LogP contribution >= 0.6 is 0 Å². The Morgan fingerprint density at radius 3 is 1.91 bits per heavy atom. The molecule has 0 bridgehead atoms. The van der Waals surface area contributed by atoms with Gasteiger partial charge in [-0.3, -0.25) is 14.4 Å². The van der Waals surface area contributed by atoms with Crippen molar-refractivity contribution in [2.75, 3.05) is 0 Å². The molecule has 33 heavy (non-hydrogen) atoms. The Hall–Kier alpha value is -4.25. The monoisotopic (exact) mass is 436 g/mol. The van der Waals surface area contributed by atoms with E-state index in [0.717, 1.165) is 11.1 Å². The minimum Gasteiger partial charge on any atom is -0.369 e. The summed E-state index contributed by atoms with van der Waals surface area (Å²) in [7, 11) is 0. The Morgan fingerprint density at radius 1 is 0.788 bits per heavy atom. The summed E-state index contributed by atoms with van der Waals surface area (Å²) in [6.45, 7) is 1.94. The predicted octanol–water partition coefficient (Wildman–Crippen LogP) is 4.46. The van der Waals surface area contributed by atoms with Gasteiger partial charge in [0.05, 0.1) is 6.42 Å². The lowest BCUT2D eigenvalue weighted by molar-refractivity contribution is -0.117. The second-order valence-corrected chi connectivity index (χ2v) is 7.96. The normalized spacial score (nSPS) is 15.4. The maximum Gasteiger partial charge on any atom is 0.223 e. The van der Waals surface area contributed by atoms with Gasteiger partial charge < -0.3 is 11.1 Å². The first-order valence-corrected chi connectivity index (χ1v) is 10.7. The smallest absolute Gasteiger partial charge is 0.223 e. The number of allylic oxidation sites excluding steroid dienone is 2. The molecule has 0 fully saturated rings. The Labute approximate surface area is 192 Å². The second-order valence-electron chi connectivity index (χ2n) is 7.96. The van der Waals surface area contributed by atoms with E-state index in [1.165, 1.54) is 0 Å². The van der Waals surface area contributed by atoms with E-state index in [-0.39, 0.29) is 18.0 Å². The molecule has 1 aliphatic heterocycles. The molecule has 3 aromatic rings. The number of rotatable bonds is 7. The summed E-state index contributed by atoms with van der Waals surface area (Å²) in [5.41, 5.74) is 9.48. The summed E-state index contributed by atoms with van der Waals surface area (Å²) in [5, 5.41) is 3.05. The predicted molar refractivity (Wildman–Crippen MR) is 128 cm³/mol. The molecule has 3 N–H and O–H groups in total. The van der Waals surface area contributed by atoms with E-state index in [1.807, 2.05) is 43.3 Å². The Morgan fingerprint density at radius 2 is 1.33 bits per heavy atom. The van der Waals surface area contributed by atoms with Crippen LogP contribution in [0.3, 0.4) is 0 Å². The highest BCUT2D eigenvalue weighted by Crippen LogP contribution is 2.40. The fourth-order valence-corrected chi connectivity index (χ4v) is 4.18. The number of Topliss-reactive ketones (excluding diaryl/α,β-unsaturated/α-hetero) is 2. The first kappa shape index (κ1) is 22.0. The molecule has 0 spiro atoms. The molecular weight excluding hydrogens is 412 g/mol. The number of aryl methyl sites for hydroxylation is 1. The molecule has 1 aliphatic rings. The van der Waals surface area contributed by atoms with E-state index in [9.17, 15) is 14.4 Å². The fraction of sp³-hybridized carbons (Fsp3) is 0.107. The molecule has 0 saturated heterocycles. The number of benzene rings is 3. The number of hydrogen-bond acceptors (Lipinski definition) is 4. The maximum absolute atomic E-state index is 13.8. The molecule has 4 rings (SSSR count). The Balaban J connectivity index is 1.93. The zero-order valence-electron chi connectivity index (χ0n) is 18.2. The van der Waals surface area contributed by atoms with E-state index >= 15 is 0 Å². The number of amides is 1. The summed E-state index contributed by atoms with van der Waals surface area (Å²) in [6, 6.07) is 25.5. The van der Waals surface area contributed by atoms with Crippen LogP contribution in [0.1, 0.15) is 44.2 Å². The highest BCUT2D eigenvalue weighted by atomic mass is 16.1. The van der Waals surface area contributed by atoms with Crippen LogP contribution in [0.5, 0.6) is 0 Å². The topological polar surface area (TPSA) is 89.3 Å². The molecule has 164 valence electrons. The number of nitrogens with two attached hydrogens (primary N) is 1. The van der Waals surface area contributed by atoms with Gasteiger partial charge in [-0.15, -0.1) is 0 Å². The fourth-order valence-electron chi connectivity index (χ4n) is 4.18. The molecular formula is C28H24N2O3. The number of nitrogens with one attached hydrogen (secondary N) is 1. The van der Waals surface area contributed by atoms with Crippen molar-refractivity contribution in [2.45, 2.75) is 19.3 Å². The van der Waals surface area contributed by atoms with E-state index in [0.29, 0.717) is 28.0 Å². The number of ketones is 2. The van der Waals surface area contributed by atoms with Crippen LogP contribution in [0.25, 0.3) is 0 Å². The van der Waals surface area contributed by atoms with Gasteiger partial charge in [-0.25, -0.2) is 0 Å². The molecule has 3 aromatic carbocycles. The molecule has 0 saturated carbocycles. The van der Waals surface area contributed by atoms with Gasteiger partial charge in [-0.05, 0) is 18.1 Å². The first-order chi connectivity index (χ1) is 16.0. The molecule has 5 heteroatoms. The van der Waals surface area contributed by atoms with Crippen molar-refractivity contribution in [3.63, 3.8) is 0 Å². The first-order valence-electron chi connectivity index (χ1n) is 10.7. The van der Waals surface area contributed by atoms with Crippen molar-refractivity contribution in [3.8, 4) is 0 Å². The van der Waals surface area contributed by atoms with Gasteiger partial charge in [-0.2, -0.15) is 0 Å². The standard InChI is InChI=1S/C28H24N2O3/c1-18-10-8-9-15-21(18)25-22(27(32)19-11-4-2-5-12-19)17-30-23(16-24(29)31)26(25)28(33)20-13-6-3-7-14-20/h2-15,17,25,30H,16H2,1H3,(H2,29,31). The average Bonchev–Trinajstić information content (AvgIpc) is 2.84. The molecule has 1 atom stereocenters. The molecule has 1 unspecified atom stereocenters. The maximum atomic E-state index is 13.8. The zero-order valence-corrected chi connectivity index (χ0v) is 18.2. The molecule has 5 nitrogen and oxygen atoms in total. The van der Waals surface area contributed by atoms with Crippen molar-refractivity contribution < 1.29 is 14.4 Å². The van der Waals surface area contributed by atoms with Gasteiger partial charge in [-0.1, -0.05) is 84.9 Å². The average molecular weight is 437 g/mol.